The van der Waals surface area contributed by atoms with E-state index < -0.39 is 0 Å². The molecule has 2 nitrogen and oxygen atoms in total. The van der Waals surface area contributed by atoms with Crippen molar-refractivity contribution >= 4 is 0 Å². The zero-order valence-corrected chi connectivity index (χ0v) is 9.63. The second-order valence-electron chi connectivity index (χ2n) is 4.59. The first-order chi connectivity index (χ1) is 6.74. The lowest BCUT2D eigenvalue weighted by molar-refractivity contribution is 0.257. The molecule has 0 bridgehead atoms. The van der Waals surface area contributed by atoms with Gasteiger partial charge in [0.25, 0.3) is 0 Å². The predicted molar refractivity (Wildman–Crippen MR) is 62.5 cm³/mol. The van der Waals surface area contributed by atoms with Gasteiger partial charge in [-0.25, -0.2) is 0 Å². The number of allylic oxidation sites excluding steroid dienone is 1. The summed E-state index contributed by atoms with van der Waals surface area (Å²) in [4.78, 5) is 2.46. The van der Waals surface area contributed by atoms with Gasteiger partial charge in [0, 0.05) is 6.54 Å². The van der Waals surface area contributed by atoms with Gasteiger partial charge in [-0.3, -0.25) is 0 Å². The van der Waals surface area contributed by atoms with Crippen LogP contribution in [0, 0.1) is 11.8 Å². The number of nitrogens with one attached hydrogen (secondary N) is 1. The third kappa shape index (κ3) is 3.81. The van der Waals surface area contributed by atoms with Crippen LogP contribution in [0.3, 0.4) is 0 Å². The molecule has 1 aliphatic heterocycles. The highest BCUT2D eigenvalue weighted by Gasteiger charge is 2.23. The maximum Gasteiger partial charge on any atom is 0.00218 e. The summed E-state index contributed by atoms with van der Waals surface area (Å²) in [5, 5.41) is 3.45. The monoisotopic (exact) mass is 196 g/mol. The Labute approximate surface area is 88.4 Å². The van der Waals surface area contributed by atoms with E-state index in [1.807, 2.05) is 6.08 Å². The van der Waals surface area contributed by atoms with Crippen LogP contribution >= 0.6 is 0 Å². The lowest BCUT2D eigenvalue weighted by atomic mass is 9.98. The standard InChI is InChI=1S/C12H24N2/c1-4-5-6-7-14(3)10-12-9-13-8-11(12)2/h4,11-13H,1,5-10H2,2-3H3/t11-,12+/m1/s1. The number of unbranched alkanes of at least 4 members (excludes halogenated alkanes) is 1. The van der Waals surface area contributed by atoms with Crippen molar-refractivity contribution in [1.29, 1.82) is 0 Å². The number of nitrogens with zero attached hydrogens (tertiary/aromatic N) is 1. The lowest BCUT2D eigenvalue weighted by Crippen LogP contribution is -2.29. The first-order valence-corrected chi connectivity index (χ1v) is 5.74. The van der Waals surface area contributed by atoms with Crippen LogP contribution in [0.1, 0.15) is 19.8 Å². The molecule has 0 aromatic heterocycles. The Morgan fingerprint density at radius 2 is 2.29 bits per heavy atom. The number of hydrogen-bond acceptors (Lipinski definition) is 2. The Morgan fingerprint density at radius 3 is 2.86 bits per heavy atom. The summed E-state index contributed by atoms with van der Waals surface area (Å²) in [5.41, 5.74) is 0. The van der Waals surface area contributed by atoms with Crippen molar-refractivity contribution in [2.45, 2.75) is 19.8 Å². The molecule has 0 radical (unpaired) electrons. The zero-order valence-electron chi connectivity index (χ0n) is 9.63. The molecule has 1 fully saturated rings. The molecule has 1 rings (SSSR count). The average molecular weight is 196 g/mol. The molecule has 0 aromatic rings. The van der Waals surface area contributed by atoms with Crippen LogP contribution in [0.2, 0.25) is 0 Å². The second kappa shape index (κ2) is 6.20. The summed E-state index contributed by atoms with van der Waals surface area (Å²) in [6.45, 7) is 10.9. The van der Waals surface area contributed by atoms with Gasteiger partial charge in [0.2, 0.25) is 0 Å². The van der Waals surface area contributed by atoms with Gasteiger partial charge in [-0.2, -0.15) is 0 Å². The van der Waals surface area contributed by atoms with E-state index in [1.165, 1.54) is 32.6 Å². The lowest BCUT2D eigenvalue weighted by Gasteiger charge is -2.22. The second-order valence-corrected chi connectivity index (χ2v) is 4.59. The van der Waals surface area contributed by atoms with Gasteiger partial charge < -0.3 is 10.2 Å². The van der Waals surface area contributed by atoms with Crippen LogP contribution in [-0.4, -0.2) is 38.1 Å². The maximum absolute atomic E-state index is 3.74. The summed E-state index contributed by atoms with van der Waals surface area (Å²) in [6, 6.07) is 0. The van der Waals surface area contributed by atoms with E-state index in [0.29, 0.717) is 0 Å². The van der Waals surface area contributed by atoms with Crippen LogP contribution in [0.5, 0.6) is 0 Å². The van der Waals surface area contributed by atoms with Gasteiger partial charge >= 0.3 is 0 Å². The third-order valence-electron chi connectivity index (χ3n) is 3.17. The van der Waals surface area contributed by atoms with E-state index in [9.17, 15) is 0 Å². The van der Waals surface area contributed by atoms with Gasteiger partial charge in [0.15, 0.2) is 0 Å². The Balaban J connectivity index is 2.12. The molecule has 0 aliphatic carbocycles. The molecular formula is C12H24N2. The van der Waals surface area contributed by atoms with Crippen molar-refractivity contribution in [3.8, 4) is 0 Å². The van der Waals surface area contributed by atoms with Crippen LogP contribution in [-0.2, 0) is 0 Å². The van der Waals surface area contributed by atoms with Crippen molar-refractivity contribution < 1.29 is 0 Å². The minimum atomic E-state index is 0.844. The molecule has 2 heteroatoms. The Morgan fingerprint density at radius 1 is 1.50 bits per heavy atom. The SMILES string of the molecule is C=CCCCN(C)C[C@@H]1CNC[C@H]1C. The molecule has 1 saturated heterocycles. The predicted octanol–water partition coefficient (Wildman–Crippen LogP) is 1.74. The first kappa shape index (κ1) is 11.7. The molecule has 1 N–H and O–H groups in total. The topological polar surface area (TPSA) is 15.3 Å². The largest absolute Gasteiger partial charge is 0.316 e. The van der Waals surface area contributed by atoms with Crippen molar-refractivity contribution in [3.05, 3.63) is 12.7 Å². The molecule has 1 aliphatic rings. The minimum Gasteiger partial charge on any atom is -0.316 e. The van der Waals surface area contributed by atoms with Crippen LogP contribution in [0.4, 0.5) is 0 Å². The molecule has 0 amide bonds. The van der Waals surface area contributed by atoms with E-state index in [-0.39, 0.29) is 0 Å². The summed E-state index contributed by atoms with van der Waals surface area (Å²) in [5.74, 6) is 1.69. The molecule has 0 aromatic carbocycles. The van der Waals surface area contributed by atoms with Crippen molar-refractivity contribution in [2.24, 2.45) is 11.8 Å². The van der Waals surface area contributed by atoms with E-state index in [1.54, 1.807) is 0 Å². The van der Waals surface area contributed by atoms with E-state index in [2.05, 4.69) is 30.8 Å². The first-order valence-electron chi connectivity index (χ1n) is 5.74. The Hall–Kier alpha value is -0.340. The van der Waals surface area contributed by atoms with E-state index >= 15 is 0 Å². The number of rotatable bonds is 6. The smallest absolute Gasteiger partial charge is 0.00218 e. The quantitative estimate of drug-likeness (QED) is 0.514. The summed E-state index contributed by atoms with van der Waals surface area (Å²) >= 11 is 0. The van der Waals surface area contributed by atoms with Crippen molar-refractivity contribution in [3.63, 3.8) is 0 Å². The fourth-order valence-electron chi connectivity index (χ4n) is 2.11. The Bertz CT molecular complexity index is 168. The van der Waals surface area contributed by atoms with Gasteiger partial charge in [-0.15, -0.1) is 6.58 Å². The van der Waals surface area contributed by atoms with E-state index in [0.717, 1.165) is 18.3 Å². The van der Waals surface area contributed by atoms with Crippen LogP contribution in [0.15, 0.2) is 12.7 Å². The highest BCUT2D eigenvalue weighted by atomic mass is 15.1. The van der Waals surface area contributed by atoms with Crippen LogP contribution in [0.25, 0.3) is 0 Å². The minimum absolute atomic E-state index is 0.844. The third-order valence-corrected chi connectivity index (χ3v) is 3.17. The molecule has 0 saturated carbocycles. The van der Waals surface area contributed by atoms with Crippen molar-refractivity contribution in [2.75, 3.05) is 33.2 Å². The normalized spacial score (nSPS) is 27.1. The van der Waals surface area contributed by atoms with E-state index in [4.69, 9.17) is 0 Å². The zero-order chi connectivity index (χ0) is 10.4. The maximum atomic E-state index is 3.74. The molecule has 82 valence electrons. The van der Waals surface area contributed by atoms with Gasteiger partial charge in [-0.1, -0.05) is 13.0 Å². The fourth-order valence-corrected chi connectivity index (χ4v) is 2.11. The number of hydrogen-bond donors (Lipinski definition) is 1. The highest BCUT2D eigenvalue weighted by Crippen LogP contribution is 2.16. The Kier molecular flexibility index (Phi) is 5.20. The van der Waals surface area contributed by atoms with Crippen LogP contribution < -0.4 is 5.32 Å². The molecule has 0 unspecified atom stereocenters. The van der Waals surface area contributed by atoms with Crippen molar-refractivity contribution in [1.82, 2.24) is 10.2 Å². The molecule has 14 heavy (non-hydrogen) atoms. The molecule has 2 atom stereocenters. The fraction of sp³-hybridized carbons (Fsp3) is 0.833. The average Bonchev–Trinajstić information content (AvgIpc) is 2.52. The molecule has 0 spiro atoms. The van der Waals surface area contributed by atoms with Gasteiger partial charge in [0.1, 0.15) is 0 Å². The molecule has 1 heterocycles. The summed E-state index contributed by atoms with van der Waals surface area (Å²) in [6.07, 6.45) is 4.39. The van der Waals surface area contributed by atoms with Gasteiger partial charge in [0.05, 0.1) is 0 Å². The molecular weight excluding hydrogens is 172 g/mol. The highest BCUT2D eigenvalue weighted by molar-refractivity contribution is 4.80. The summed E-state index contributed by atoms with van der Waals surface area (Å²) in [7, 11) is 2.23. The van der Waals surface area contributed by atoms with Gasteiger partial charge in [-0.05, 0) is 51.4 Å². The summed E-state index contributed by atoms with van der Waals surface area (Å²) < 4.78 is 0.